The fourth-order valence-corrected chi connectivity index (χ4v) is 1.63. The van der Waals surface area contributed by atoms with E-state index < -0.39 is 0 Å². The van der Waals surface area contributed by atoms with Gasteiger partial charge in [0.2, 0.25) is 0 Å². The van der Waals surface area contributed by atoms with Gasteiger partial charge in [-0.3, -0.25) is 0 Å². The van der Waals surface area contributed by atoms with E-state index in [0.29, 0.717) is 10.7 Å². The van der Waals surface area contributed by atoms with Gasteiger partial charge >= 0.3 is 0 Å². The Balaban J connectivity index is 3.05. The summed E-state index contributed by atoms with van der Waals surface area (Å²) in [7, 11) is 0. The number of thioether (sulfide) groups is 1. The summed E-state index contributed by atoms with van der Waals surface area (Å²) in [5, 5.41) is 9.09. The van der Waals surface area contributed by atoms with Crippen LogP contribution in [0.1, 0.15) is 12.5 Å². The lowest BCUT2D eigenvalue weighted by Gasteiger charge is -1.99. The Morgan fingerprint density at radius 1 is 1.75 bits per heavy atom. The fraction of sp³-hybridized carbons (Fsp3) is 0.250. The maximum Gasteiger partial charge on any atom is 0.130 e. The topological polar surface area (TPSA) is 36.7 Å². The predicted molar refractivity (Wildman–Crippen MR) is 50.4 cm³/mol. The molecule has 1 aromatic rings. The first kappa shape index (κ1) is 9.37. The molecular formula is C8H7ClN2S. The minimum absolute atomic E-state index is 0.368. The van der Waals surface area contributed by atoms with Crippen LogP contribution in [-0.4, -0.2) is 10.7 Å². The minimum atomic E-state index is 0.368. The number of rotatable bonds is 2. The molecule has 0 aliphatic heterocycles. The standard InChI is InChI=1S/C8H7ClN2S/c1-2-12-7-5-11-8(9)3-6(7)4-10/h3,5H,2H2,1H3. The Bertz CT molecular complexity index is 319. The highest BCUT2D eigenvalue weighted by Gasteiger charge is 2.02. The third-order valence-electron chi connectivity index (χ3n) is 1.25. The highest BCUT2D eigenvalue weighted by atomic mass is 35.5. The summed E-state index contributed by atoms with van der Waals surface area (Å²) in [6.45, 7) is 2.03. The normalized spacial score (nSPS) is 9.42. The van der Waals surface area contributed by atoms with Crippen LogP contribution in [0.3, 0.4) is 0 Å². The molecule has 1 heterocycles. The minimum Gasteiger partial charge on any atom is -0.243 e. The molecule has 0 aromatic carbocycles. The highest BCUT2D eigenvalue weighted by Crippen LogP contribution is 2.22. The number of nitrogens with zero attached hydrogens (tertiary/aromatic N) is 2. The van der Waals surface area contributed by atoms with Crippen molar-refractivity contribution in [3.05, 3.63) is 23.0 Å². The second-order valence-corrected chi connectivity index (χ2v) is 3.74. The zero-order valence-corrected chi connectivity index (χ0v) is 8.11. The Morgan fingerprint density at radius 3 is 3.08 bits per heavy atom. The smallest absolute Gasteiger partial charge is 0.130 e. The molecule has 4 heteroatoms. The van der Waals surface area contributed by atoms with Crippen molar-refractivity contribution in [2.24, 2.45) is 0 Å². The first-order chi connectivity index (χ1) is 5.77. The van der Waals surface area contributed by atoms with Gasteiger partial charge < -0.3 is 0 Å². The Morgan fingerprint density at radius 2 is 2.50 bits per heavy atom. The lowest BCUT2D eigenvalue weighted by Crippen LogP contribution is -1.84. The van der Waals surface area contributed by atoms with Gasteiger partial charge in [-0.1, -0.05) is 18.5 Å². The van der Waals surface area contributed by atoms with Crippen LogP contribution in [0.4, 0.5) is 0 Å². The molecule has 1 rings (SSSR count). The number of hydrogen-bond acceptors (Lipinski definition) is 3. The molecular weight excluding hydrogens is 192 g/mol. The van der Waals surface area contributed by atoms with Crippen molar-refractivity contribution in [2.45, 2.75) is 11.8 Å². The predicted octanol–water partition coefficient (Wildman–Crippen LogP) is 2.72. The third kappa shape index (κ3) is 2.13. The molecule has 62 valence electrons. The number of nitriles is 1. The van der Waals surface area contributed by atoms with Gasteiger partial charge in [0.15, 0.2) is 0 Å². The molecule has 1 aromatic heterocycles. The van der Waals surface area contributed by atoms with Gasteiger partial charge in [-0.2, -0.15) is 5.26 Å². The zero-order valence-electron chi connectivity index (χ0n) is 6.54. The average Bonchev–Trinajstić information content (AvgIpc) is 2.08. The Hall–Kier alpha value is -0.720. The number of pyridine rings is 1. The van der Waals surface area contributed by atoms with Crippen LogP contribution in [0.25, 0.3) is 0 Å². The van der Waals surface area contributed by atoms with Gasteiger partial charge in [-0.15, -0.1) is 11.8 Å². The van der Waals surface area contributed by atoms with Gasteiger partial charge in [0.05, 0.1) is 5.56 Å². The van der Waals surface area contributed by atoms with Crippen molar-refractivity contribution in [3.63, 3.8) is 0 Å². The summed E-state index contributed by atoms with van der Waals surface area (Å²) in [4.78, 5) is 4.79. The first-order valence-corrected chi connectivity index (χ1v) is 4.82. The van der Waals surface area contributed by atoms with E-state index in [1.54, 1.807) is 24.0 Å². The molecule has 0 saturated carbocycles. The third-order valence-corrected chi connectivity index (χ3v) is 2.39. The highest BCUT2D eigenvalue weighted by molar-refractivity contribution is 7.99. The second kappa shape index (κ2) is 4.34. The molecule has 0 atom stereocenters. The van der Waals surface area contributed by atoms with E-state index in [-0.39, 0.29) is 0 Å². The zero-order chi connectivity index (χ0) is 8.97. The molecule has 0 fully saturated rings. The molecule has 0 radical (unpaired) electrons. The van der Waals surface area contributed by atoms with Gasteiger partial charge in [-0.05, 0) is 11.8 Å². The van der Waals surface area contributed by atoms with Gasteiger partial charge in [0, 0.05) is 11.1 Å². The fourth-order valence-electron chi connectivity index (χ4n) is 0.775. The van der Waals surface area contributed by atoms with Gasteiger partial charge in [0.1, 0.15) is 11.2 Å². The first-order valence-electron chi connectivity index (χ1n) is 3.46. The Kier molecular flexibility index (Phi) is 3.39. The molecule has 2 nitrogen and oxygen atoms in total. The summed E-state index contributed by atoms with van der Waals surface area (Å²) in [6, 6.07) is 3.66. The van der Waals surface area contributed by atoms with E-state index in [0.717, 1.165) is 10.6 Å². The van der Waals surface area contributed by atoms with Crippen LogP contribution in [0.2, 0.25) is 5.15 Å². The molecule has 0 amide bonds. The van der Waals surface area contributed by atoms with Crippen molar-refractivity contribution in [1.29, 1.82) is 5.26 Å². The van der Waals surface area contributed by atoms with Crippen LogP contribution in [0.15, 0.2) is 17.2 Å². The molecule has 0 aliphatic rings. The lowest BCUT2D eigenvalue weighted by molar-refractivity contribution is 1.21. The van der Waals surface area contributed by atoms with E-state index in [4.69, 9.17) is 16.9 Å². The van der Waals surface area contributed by atoms with E-state index in [2.05, 4.69) is 11.1 Å². The summed E-state index contributed by atoms with van der Waals surface area (Å²) >= 11 is 7.22. The SMILES string of the molecule is CCSc1cnc(Cl)cc1C#N. The monoisotopic (exact) mass is 198 g/mol. The van der Waals surface area contributed by atoms with E-state index in [1.165, 1.54) is 0 Å². The largest absolute Gasteiger partial charge is 0.243 e. The van der Waals surface area contributed by atoms with Crippen molar-refractivity contribution in [3.8, 4) is 6.07 Å². The van der Waals surface area contributed by atoms with E-state index in [9.17, 15) is 0 Å². The summed E-state index contributed by atoms with van der Waals surface area (Å²) in [5.41, 5.74) is 0.599. The summed E-state index contributed by atoms with van der Waals surface area (Å²) in [6.07, 6.45) is 1.63. The van der Waals surface area contributed by atoms with E-state index in [1.807, 2.05) is 6.92 Å². The van der Waals surface area contributed by atoms with Crippen LogP contribution >= 0.6 is 23.4 Å². The molecule has 12 heavy (non-hydrogen) atoms. The maximum atomic E-state index is 8.72. The van der Waals surface area contributed by atoms with E-state index >= 15 is 0 Å². The molecule has 0 N–H and O–H groups in total. The van der Waals surface area contributed by atoms with Crippen molar-refractivity contribution >= 4 is 23.4 Å². The number of aromatic nitrogens is 1. The number of hydrogen-bond donors (Lipinski definition) is 0. The molecule has 0 spiro atoms. The summed E-state index contributed by atoms with van der Waals surface area (Å²) in [5.74, 6) is 0.929. The van der Waals surface area contributed by atoms with Crippen molar-refractivity contribution in [2.75, 3.05) is 5.75 Å². The quantitative estimate of drug-likeness (QED) is 0.542. The lowest BCUT2D eigenvalue weighted by atomic mass is 10.3. The van der Waals surface area contributed by atoms with Gasteiger partial charge in [-0.25, -0.2) is 4.98 Å². The van der Waals surface area contributed by atoms with Gasteiger partial charge in [0.25, 0.3) is 0 Å². The van der Waals surface area contributed by atoms with Crippen LogP contribution in [0.5, 0.6) is 0 Å². The van der Waals surface area contributed by atoms with Crippen molar-refractivity contribution < 1.29 is 0 Å². The Labute approximate surface area is 80.6 Å². The van der Waals surface area contributed by atoms with Crippen LogP contribution in [0, 0.1) is 11.3 Å². The molecule has 0 aliphatic carbocycles. The second-order valence-electron chi connectivity index (χ2n) is 2.05. The average molecular weight is 199 g/mol. The molecule has 0 bridgehead atoms. The summed E-state index contributed by atoms with van der Waals surface area (Å²) < 4.78 is 0. The van der Waals surface area contributed by atoms with Crippen LogP contribution in [-0.2, 0) is 0 Å². The molecule has 0 unspecified atom stereocenters. The molecule has 0 saturated heterocycles. The number of halogens is 1. The van der Waals surface area contributed by atoms with Crippen molar-refractivity contribution in [1.82, 2.24) is 4.98 Å². The maximum absolute atomic E-state index is 8.72. The van der Waals surface area contributed by atoms with Crippen LogP contribution < -0.4 is 0 Å².